The molecule has 0 saturated carbocycles. The highest BCUT2D eigenvalue weighted by atomic mass is 32.1. The predicted octanol–water partition coefficient (Wildman–Crippen LogP) is 12.8. The zero-order valence-corrected chi connectivity index (χ0v) is 28.1. The number of thiophene rings is 1. The second-order valence-electron chi connectivity index (χ2n) is 12.9. The van der Waals surface area contributed by atoms with E-state index in [4.69, 9.17) is 14.4 Å². The molecule has 238 valence electrons. The molecule has 7 aromatic carbocycles. The summed E-state index contributed by atoms with van der Waals surface area (Å²) in [5.74, 6) is 1.48. The van der Waals surface area contributed by atoms with Crippen LogP contribution in [0, 0.1) is 0 Å². The Bertz CT molecular complexity index is 3150. The third-order valence-corrected chi connectivity index (χ3v) is 11.2. The van der Waals surface area contributed by atoms with Crippen molar-refractivity contribution in [1.82, 2.24) is 14.5 Å². The lowest BCUT2D eigenvalue weighted by Crippen LogP contribution is -2.02. The minimum absolute atomic E-state index is 0.675. The zero-order valence-electron chi connectivity index (χ0n) is 27.2. The SMILES string of the molecule is c1ccc(-c2cccc(-c3nc(-c4cccc5c4sc4ccccc45)cc(-n4c5ccccc5c5c6oc7ccccc7c6ccc54)n3)c2)cc1. The maximum absolute atomic E-state index is 6.60. The molecule has 0 fully saturated rings. The summed E-state index contributed by atoms with van der Waals surface area (Å²) in [7, 11) is 0. The van der Waals surface area contributed by atoms with E-state index >= 15 is 0 Å². The molecule has 5 heteroatoms. The molecule has 11 rings (SSSR count). The Kier molecular flexibility index (Phi) is 6.09. The fraction of sp³-hybridized carbons (Fsp3) is 0. The smallest absolute Gasteiger partial charge is 0.162 e. The molecule has 0 aliphatic carbocycles. The Labute approximate surface area is 296 Å². The molecule has 4 nitrogen and oxygen atoms in total. The molecule has 0 aliphatic rings. The van der Waals surface area contributed by atoms with Gasteiger partial charge in [0.1, 0.15) is 17.0 Å². The summed E-state index contributed by atoms with van der Waals surface area (Å²) >= 11 is 1.82. The van der Waals surface area contributed by atoms with E-state index in [1.807, 2.05) is 29.5 Å². The van der Waals surface area contributed by atoms with Crippen molar-refractivity contribution < 1.29 is 4.42 Å². The Balaban J connectivity index is 1.22. The van der Waals surface area contributed by atoms with Crippen molar-refractivity contribution in [3.8, 4) is 39.6 Å². The number of nitrogens with zero attached hydrogens (tertiary/aromatic N) is 3. The monoisotopic (exact) mass is 669 g/mol. The molecular weight excluding hydrogens is 643 g/mol. The molecule has 0 radical (unpaired) electrons. The van der Waals surface area contributed by atoms with Gasteiger partial charge in [-0.3, -0.25) is 4.57 Å². The highest BCUT2D eigenvalue weighted by molar-refractivity contribution is 7.26. The third-order valence-electron chi connectivity index (χ3n) is 10.0. The van der Waals surface area contributed by atoms with E-state index in [0.717, 1.165) is 77.5 Å². The van der Waals surface area contributed by atoms with Crippen LogP contribution in [0.15, 0.2) is 168 Å². The molecule has 4 aromatic heterocycles. The van der Waals surface area contributed by atoms with Crippen LogP contribution in [0.4, 0.5) is 0 Å². The van der Waals surface area contributed by atoms with E-state index in [1.165, 1.54) is 20.2 Å². The van der Waals surface area contributed by atoms with Gasteiger partial charge in [0, 0.05) is 53.5 Å². The van der Waals surface area contributed by atoms with Crippen LogP contribution in [0.25, 0.3) is 104 Å². The fourth-order valence-corrected chi connectivity index (χ4v) is 8.94. The number of aromatic nitrogens is 3. The van der Waals surface area contributed by atoms with Crippen molar-refractivity contribution in [3.63, 3.8) is 0 Å². The molecule has 0 aliphatic heterocycles. The van der Waals surface area contributed by atoms with Gasteiger partial charge in [0.2, 0.25) is 0 Å². The molecule has 0 saturated heterocycles. The standard InChI is InChI=1S/C46H27N3OS/c1-2-12-28(13-3-1)29-14-10-15-30(26-29)46-47-37(35-20-11-19-34-32-17-6-9-23-41(32)51-45(34)35)27-42(48-46)49-38-21-7-4-18-36(38)43-39(49)25-24-33-31-16-5-8-22-40(31)50-44(33)43/h1-27H. The Morgan fingerprint density at radius 2 is 1.22 bits per heavy atom. The van der Waals surface area contributed by atoms with Crippen LogP contribution in [-0.2, 0) is 0 Å². The quantitative estimate of drug-likeness (QED) is 0.187. The van der Waals surface area contributed by atoms with Crippen molar-refractivity contribution in [2.24, 2.45) is 0 Å². The Morgan fingerprint density at radius 1 is 0.490 bits per heavy atom. The van der Waals surface area contributed by atoms with Crippen molar-refractivity contribution in [3.05, 3.63) is 164 Å². The van der Waals surface area contributed by atoms with Crippen LogP contribution in [0.2, 0.25) is 0 Å². The van der Waals surface area contributed by atoms with E-state index in [9.17, 15) is 0 Å². The van der Waals surface area contributed by atoms with Gasteiger partial charge in [-0.25, -0.2) is 9.97 Å². The average molecular weight is 670 g/mol. The maximum atomic E-state index is 6.60. The maximum Gasteiger partial charge on any atom is 0.162 e. The summed E-state index contributed by atoms with van der Waals surface area (Å²) in [5, 5.41) is 6.94. The van der Waals surface area contributed by atoms with Crippen molar-refractivity contribution in [1.29, 1.82) is 0 Å². The number of furan rings is 1. The predicted molar refractivity (Wildman–Crippen MR) is 213 cm³/mol. The number of benzene rings is 7. The second kappa shape index (κ2) is 11.0. The Hall–Kier alpha value is -6.56. The lowest BCUT2D eigenvalue weighted by molar-refractivity contribution is 0.673. The molecule has 0 spiro atoms. The average Bonchev–Trinajstić information content (AvgIpc) is 3.88. The van der Waals surface area contributed by atoms with Crippen molar-refractivity contribution >= 4 is 75.3 Å². The van der Waals surface area contributed by atoms with Crippen LogP contribution in [0.3, 0.4) is 0 Å². The molecule has 0 unspecified atom stereocenters. The largest absolute Gasteiger partial charge is 0.455 e. The topological polar surface area (TPSA) is 43.9 Å². The molecule has 0 atom stereocenters. The van der Waals surface area contributed by atoms with Gasteiger partial charge in [-0.2, -0.15) is 0 Å². The normalized spacial score (nSPS) is 11.9. The molecule has 0 bridgehead atoms. The van der Waals surface area contributed by atoms with Gasteiger partial charge in [0.05, 0.1) is 22.1 Å². The Morgan fingerprint density at radius 3 is 2.14 bits per heavy atom. The van der Waals surface area contributed by atoms with Gasteiger partial charge < -0.3 is 4.42 Å². The highest BCUT2D eigenvalue weighted by Gasteiger charge is 2.21. The lowest BCUT2D eigenvalue weighted by atomic mass is 10.0. The molecule has 11 aromatic rings. The van der Waals surface area contributed by atoms with Crippen LogP contribution in [0.1, 0.15) is 0 Å². The van der Waals surface area contributed by atoms with Crippen LogP contribution >= 0.6 is 11.3 Å². The van der Waals surface area contributed by atoms with Gasteiger partial charge in [-0.15, -0.1) is 11.3 Å². The van der Waals surface area contributed by atoms with E-state index < -0.39 is 0 Å². The minimum Gasteiger partial charge on any atom is -0.455 e. The summed E-state index contributed by atoms with van der Waals surface area (Å²) in [6.07, 6.45) is 0. The van der Waals surface area contributed by atoms with Crippen LogP contribution in [0.5, 0.6) is 0 Å². The first-order valence-electron chi connectivity index (χ1n) is 17.1. The molecule has 51 heavy (non-hydrogen) atoms. The van der Waals surface area contributed by atoms with Gasteiger partial charge in [0.15, 0.2) is 5.82 Å². The number of para-hydroxylation sites is 2. The number of fused-ring (bicyclic) bond motifs is 10. The molecule has 0 amide bonds. The second-order valence-corrected chi connectivity index (χ2v) is 14.0. The van der Waals surface area contributed by atoms with Crippen LogP contribution < -0.4 is 0 Å². The van der Waals surface area contributed by atoms with Gasteiger partial charge in [-0.05, 0) is 47.5 Å². The minimum atomic E-state index is 0.675. The van der Waals surface area contributed by atoms with Crippen molar-refractivity contribution in [2.75, 3.05) is 0 Å². The van der Waals surface area contributed by atoms with Crippen molar-refractivity contribution in [2.45, 2.75) is 0 Å². The summed E-state index contributed by atoms with van der Waals surface area (Å²) in [6.45, 7) is 0. The summed E-state index contributed by atoms with van der Waals surface area (Å²) in [6, 6.07) is 57.6. The molecule has 4 heterocycles. The first kappa shape index (κ1) is 28.3. The number of rotatable bonds is 4. The zero-order chi connectivity index (χ0) is 33.5. The molecular formula is C46H27N3OS. The molecule has 0 N–H and O–H groups in total. The van der Waals surface area contributed by atoms with E-state index in [0.29, 0.717) is 5.82 Å². The lowest BCUT2D eigenvalue weighted by Gasteiger charge is -2.13. The van der Waals surface area contributed by atoms with E-state index in [1.54, 1.807) is 0 Å². The first-order valence-corrected chi connectivity index (χ1v) is 17.9. The highest BCUT2D eigenvalue weighted by Crippen LogP contribution is 2.43. The first-order chi connectivity index (χ1) is 25.3. The van der Waals surface area contributed by atoms with Gasteiger partial charge in [-0.1, -0.05) is 121 Å². The van der Waals surface area contributed by atoms with Crippen LogP contribution in [-0.4, -0.2) is 14.5 Å². The fourth-order valence-electron chi connectivity index (χ4n) is 7.72. The number of hydrogen-bond acceptors (Lipinski definition) is 4. The third kappa shape index (κ3) is 4.32. The number of hydrogen-bond donors (Lipinski definition) is 0. The summed E-state index contributed by atoms with van der Waals surface area (Å²) < 4.78 is 11.4. The summed E-state index contributed by atoms with van der Waals surface area (Å²) in [4.78, 5) is 10.7. The van der Waals surface area contributed by atoms with Gasteiger partial charge >= 0.3 is 0 Å². The van der Waals surface area contributed by atoms with E-state index in [2.05, 4.69) is 150 Å². The summed E-state index contributed by atoms with van der Waals surface area (Å²) in [5.41, 5.74) is 9.10. The van der Waals surface area contributed by atoms with Gasteiger partial charge in [0.25, 0.3) is 0 Å². The van der Waals surface area contributed by atoms with E-state index in [-0.39, 0.29) is 0 Å².